The Balaban J connectivity index is 1.45. The molecule has 1 saturated heterocycles. The number of nitrogens with one attached hydrogen (secondary N) is 1. The number of thioether (sulfide) groups is 1. The molecule has 0 bridgehead atoms. The van der Waals surface area contributed by atoms with Crippen LogP contribution in [0.3, 0.4) is 0 Å². The molecule has 1 fully saturated rings. The van der Waals surface area contributed by atoms with Gasteiger partial charge >= 0.3 is 0 Å². The van der Waals surface area contributed by atoms with Crippen LogP contribution in [0.15, 0.2) is 71.8 Å². The van der Waals surface area contributed by atoms with Gasteiger partial charge in [-0.25, -0.2) is 5.43 Å². The summed E-state index contributed by atoms with van der Waals surface area (Å²) in [6, 6.07) is 19.5. The number of hydrogen-bond acceptors (Lipinski definition) is 5. The maximum Gasteiger partial charge on any atom is 0.271 e. The molecular weight excluding hydrogens is 481 g/mol. The molecule has 4 rings (SSSR count). The maximum atomic E-state index is 12.6. The maximum absolute atomic E-state index is 12.6. The molecule has 0 spiro atoms. The van der Waals surface area contributed by atoms with Gasteiger partial charge in [0.2, 0.25) is 5.91 Å². The molecule has 0 aliphatic carbocycles. The topological polar surface area (TPSA) is 71.0 Å². The van der Waals surface area contributed by atoms with Gasteiger partial charge in [-0.2, -0.15) is 5.10 Å². The van der Waals surface area contributed by atoms with E-state index in [9.17, 15) is 9.59 Å². The van der Waals surface area contributed by atoms with Crippen molar-refractivity contribution in [3.8, 4) is 5.75 Å². The van der Waals surface area contributed by atoms with Crippen molar-refractivity contribution in [2.24, 2.45) is 5.10 Å². The van der Waals surface area contributed by atoms with E-state index in [4.69, 9.17) is 27.9 Å². The number of carbonyl (C=O) groups is 2. The molecule has 6 nitrogen and oxygen atoms in total. The van der Waals surface area contributed by atoms with Crippen LogP contribution in [0.1, 0.15) is 26.9 Å². The van der Waals surface area contributed by atoms with E-state index in [0.717, 1.165) is 17.0 Å². The van der Waals surface area contributed by atoms with Gasteiger partial charge in [-0.05, 0) is 54.1 Å². The molecule has 1 atom stereocenters. The Bertz CT molecular complexity index is 1200. The summed E-state index contributed by atoms with van der Waals surface area (Å²) < 4.78 is 5.22. The lowest BCUT2D eigenvalue weighted by Gasteiger charge is -2.24. The van der Waals surface area contributed by atoms with E-state index in [1.54, 1.807) is 66.2 Å². The Kier molecular flexibility index (Phi) is 7.23. The van der Waals surface area contributed by atoms with Crippen molar-refractivity contribution in [3.05, 3.63) is 93.5 Å². The average Bonchev–Trinajstić information content (AvgIpc) is 3.21. The van der Waals surface area contributed by atoms with E-state index < -0.39 is 0 Å². The smallest absolute Gasteiger partial charge is 0.271 e. The third-order valence-electron chi connectivity index (χ3n) is 5.01. The van der Waals surface area contributed by atoms with Gasteiger partial charge in [-0.1, -0.05) is 41.4 Å². The van der Waals surface area contributed by atoms with Crippen LogP contribution < -0.4 is 15.1 Å². The Labute approximate surface area is 205 Å². The lowest BCUT2D eigenvalue weighted by Crippen LogP contribution is -2.28. The quantitative estimate of drug-likeness (QED) is 0.356. The molecule has 9 heteroatoms. The number of rotatable bonds is 6. The molecule has 3 aromatic rings. The first-order valence-electron chi connectivity index (χ1n) is 9.92. The molecule has 1 heterocycles. The second-order valence-electron chi connectivity index (χ2n) is 7.11. The minimum absolute atomic E-state index is 0.0162. The number of anilines is 1. The molecule has 33 heavy (non-hydrogen) atoms. The van der Waals surface area contributed by atoms with E-state index >= 15 is 0 Å². The summed E-state index contributed by atoms with van der Waals surface area (Å²) in [5.41, 5.74) is 5.25. The Morgan fingerprint density at radius 1 is 1.12 bits per heavy atom. The minimum Gasteiger partial charge on any atom is -0.497 e. The Morgan fingerprint density at radius 2 is 1.85 bits per heavy atom. The zero-order chi connectivity index (χ0) is 23.4. The molecule has 0 saturated carbocycles. The van der Waals surface area contributed by atoms with Crippen molar-refractivity contribution in [2.45, 2.75) is 5.37 Å². The number of amides is 2. The summed E-state index contributed by atoms with van der Waals surface area (Å²) in [7, 11) is 1.62. The fourth-order valence-corrected chi connectivity index (χ4v) is 4.96. The Morgan fingerprint density at radius 3 is 2.52 bits per heavy atom. The lowest BCUT2D eigenvalue weighted by atomic mass is 10.1. The summed E-state index contributed by atoms with van der Waals surface area (Å²) >= 11 is 13.5. The number of halogens is 2. The molecule has 1 aliphatic heterocycles. The van der Waals surface area contributed by atoms with E-state index in [1.165, 1.54) is 6.21 Å². The summed E-state index contributed by atoms with van der Waals surface area (Å²) in [6.07, 6.45) is 1.45. The van der Waals surface area contributed by atoms with E-state index in [0.29, 0.717) is 26.9 Å². The summed E-state index contributed by atoms with van der Waals surface area (Å²) in [4.78, 5) is 26.8. The molecule has 1 N–H and O–H groups in total. The van der Waals surface area contributed by atoms with Gasteiger partial charge in [-0.15, -0.1) is 11.8 Å². The summed E-state index contributed by atoms with van der Waals surface area (Å²) in [5.74, 6) is 0.788. The van der Waals surface area contributed by atoms with Gasteiger partial charge in [0.05, 0.1) is 24.1 Å². The van der Waals surface area contributed by atoms with Crippen molar-refractivity contribution in [2.75, 3.05) is 17.8 Å². The highest BCUT2D eigenvalue weighted by Gasteiger charge is 2.34. The largest absolute Gasteiger partial charge is 0.497 e. The minimum atomic E-state index is -0.378. The van der Waals surface area contributed by atoms with Crippen LogP contribution in [0.25, 0.3) is 0 Å². The van der Waals surface area contributed by atoms with Crippen LogP contribution in [0.2, 0.25) is 10.0 Å². The molecule has 0 radical (unpaired) electrons. The van der Waals surface area contributed by atoms with Crippen LogP contribution in [-0.2, 0) is 4.79 Å². The first-order valence-corrected chi connectivity index (χ1v) is 11.7. The van der Waals surface area contributed by atoms with Crippen LogP contribution in [0, 0.1) is 0 Å². The fraction of sp³-hybridized carbons (Fsp3) is 0.125. The van der Waals surface area contributed by atoms with Gasteiger partial charge in [0.25, 0.3) is 5.91 Å². The molecule has 3 aromatic carbocycles. The first kappa shape index (κ1) is 23.2. The SMILES string of the molecule is COc1ccc(C2SCC(=O)N2c2ccc(C(=O)NN=Cc3ccc(Cl)cc3Cl)cc2)cc1. The van der Waals surface area contributed by atoms with Crippen LogP contribution in [-0.4, -0.2) is 30.9 Å². The fourth-order valence-electron chi connectivity index (χ4n) is 3.32. The van der Waals surface area contributed by atoms with Gasteiger partial charge in [0.1, 0.15) is 11.1 Å². The van der Waals surface area contributed by atoms with Crippen LogP contribution in [0.4, 0.5) is 5.69 Å². The van der Waals surface area contributed by atoms with Gasteiger partial charge in [0.15, 0.2) is 0 Å². The van der Waals surface area contributed by atoms with Crippen molar-refractivity contribution in [1.82, 2.24) is 5.43 Å². The molecule has 0 aromatic heterocycles. The van der Waals surface area contributed by atoms with Gasteiger partial charge in [0, 0.05) is 21.8 Å². The van der Waals surface area contributed by atoms with Gasteiger partial charge < -0.3 is 4.74 Å². The second kappa shape index (κ2) is 10.3. The molecule has 1 unspecified atom stereocenters. The molecular formula is C24H19Cl2N3O3S. The molecule has 2 amide bonds. The summed E-state index contributed by atoms with van der Waals surface area (Å²) in [6.45, 7) is 0. The van der Waals surface area contributed by atoms with E-state index in [1.807, 2.05) is 24.3 Å². The third kappa shape index (κ3) is 5.33. The van der Waals surface area contributed by atoms with Crippen LogP contribution in [0.5, 0.6) is 5.75 Å². The number of ether oxygens (including phenoxy) is 1. The highest BCUT2D eigenvalue weighted by atomic mass is 35.5. The van der Waals surface area contributed by atoms with Crippen LogP contribution >= 0.6 is 35.0 Å². The zero-order valence-corrected chi connectivity index (χ0v) is 19.8. The predicted octanol–water partition coefficient (Wildman–Crippen LogP) is 5.54. The van der Waals surface area contributed by atoms with Crippen molar-refractivity contribution in [1.29, 1.82) is 0 Å². The van der Waals surface area contributed by atoms with E-state index in [2.05, 4.69) is 10.5 Å². The number of hydrazone groups is 1. The highest BCUT2D eigenvalue weighted by molar-refractivity contribution is 8.00. The third-order valence-corrected chi connectivity index (χ3v) is 6.78. The molecule has 1 aliphatic rings. The van der Waals surface area contributed by atoms with Gasteiger partial charge in [-0.3, -0.25) is 14.5 Å². The van der Waals surface area contributed by atoms with Crippen molar-refractivity contribution in [3.63, 3.8) is 0 Å². The standard InChI is InChI=1S/C24H19Cl2N3O3S/c1-32-20-10-5-16(6-11-20)24-29(22(30)14-33-24)19-8-3-15(4-9-19)23(31)28-27-13-17-2-7-18(25)12-21(17)26/h2-13,24H,14H2,1H3,(H,28,31). The number of nitrogens with zero attached hydrogens (tertiary/aromatic N) is 2. The normalized spacial score (nSPS) is 15.8. The van der Waals surface area contributed by atoms with E-state index in [-0.39, 0.29) is 17.2 Å². The first-order chi connectivity index (χ1) is 16.0. The van der Waals surface area contributed by atoms with Crippen molar-refractivity contribution < 1.29 is 14.3 Å². The zero-order valence-electron chi connectivity index (χ0n) is 17.5. The van der Waals surface area contributed by atoms with Crippen molar-refractivity contribution >= 4 is 58.7 Å². The number of methoxy groups -OCH3 is 1. The number of hydrogen-bond donors (Lipinski definition) is 1. The molecule has 168 valence electrons. The monoisotopic (exact) mass is 499 g/mol. The Hall–Kier alpha value is -3.00. The summed E-state index contributed by atoms with van der Waals surface area (Å²) in [5, 5.41) is 4.77. The highest BCUT2D eigenvalue weighted by Crippen LogP contribution is 2.42. The number of benzene rings is 3. The average molecular weight is 500 g/mol. The lowest BCUT2D eigenvalue weighted by molar-refractivity contribution is -0.115. The predicted molar refractivity (Wildman–Crippen MR) is 134 cm³/mol. The number of carbonyl (C=O) groups excluding carboxylic acids is 2. The second-order valence-corrected chi connectivity index (χ2v) is 9.02.